The molecule has 0 aromatic carbocycles. The largest absolute Gasteiger partial charge is 0.383 e. The highest BCUT2D eigenvalue weighted by Gasteiger charge is 2.34. The van der Waals surface area contributed by atoms with Crippen LogP contribution in [-0.2, 0) is 4.74 Å². The molecule has 0 aromatic heterocycles. The Labute approximate surface area is 126 Å². The Morgan fingerprint density at radius 2 is 2.05 bits per heavy atom. The molecule has 2 atom stereocenters. The van der Waals surface area contributed by atoms with Crippen molar-refractivity contribution in [3.63, 3.8) is 0 Å². The van der Waals surface area contributed by atoms with Gasteiger partial charge in [0.05, 0.1) is 6.61 Å². The van der Waals surface area contributed by atoms with Crippen LogP contribution < -0.4 is 5.32 Å². The van der Waals surface area contributed by atoms with E-state index in [1.807, 2.05) is 0 Å². The summed E-state index contributed by atoms with van der Waals surface area (Å²) in [5, 5.41) is 3.55. The van der Waals surface area contributed by atoms with Gasteiger partial charge in [0, 0.05) is 32.8 Å². The molecule has 1 saturated carbocycles. The molecule has 0 saturated heterocycles. The third-order valence-electron chi connectivity index (χ3n) is 4.61. The van der Waals surface area contributed by atoms with Gasteiger partial charge in [-0.3, -0.25) is 0 Å². The molecule has 0 aliphatic heterocycles. The summed E-state index contributed by atoms with van der Waals surface area (Å²) >= 11 is 0. The Balaban J connectivity index is 2.61. The first-order chi connectivity index (χ1) is 9.38. The van der Waals surface area contributed by atoms with Crippen LogP contribution in [0.2, 0.25) is 0 Å². The third kappa shape index (κ3) is 6.11. The molecule has 1 fully saturated rings. The van der Waals surface area contributed by atoms with E-state index in [2.05, 4.69) is 45.0 Å². The molecular weight excluding hydrogens is 248 g/mol. The molecule has 20 heavy (non-hydrogen) atoms. The highest BCUT2D eigenvalue weighted by molar-refractivity contribution is 4.89. The number of rotatable bonds is 8. The lowest BCUT2D eigenvalue weighted by molar-refractivity contribution is 0.0804. The lowest BCUT2D eigenvalue weighted by Crippen LogP contribution is -2.47. The van der Waals surface area contributed by atoms with Crippen LogP contribution in [0.25, 0.3) is 0 Å². The lowest BCUT2D eigenvalue weighted by atomic mass is 9.69. The molecule has 3 heteroatoms. The van der Waals surface area contributed by atoms with Crippen LogP contribution >= 0.6 is 0 Å². The van der Waals surface area contributed by atoms with E-state index < -0.39 is 0 Å². The Kier molecular flexibility index (Phi) is 7.49. The predicted octanol–water partition coefficient (Wildman–Crippen LogP) is 3.01. The van der Waals surface area contributed by atoms with Gasteiger partial charge in [-0.15, -0.1) is 0 Å². The average molecular weight is 284 g/mol. The van der Waals surface area contributed by atoms with Gasteiger partial charge in [0.25, 0.3) is 0 Å². The van der Waals surface area contributed by atoms with E-state index in [-0.39, 0.29) is 0 Å². The number of nitrogens with zero attached hydrogens (tertiary/aromatic N) is 1. The standard InChI is InChI=1S/C17H36N2O/c1-14(2)12-19(9-10-20-6)13-15-11-17(3,4)8-7-16(15)18-5/h14-16,18H,7-13H2,1-6H3. The van der Waals surface area contributed by atoms with Crippen molar-refractivity contribution in [2.45, 2.75) is 53.0 Å². The highest BCUT2D eigenvalue weighted by atomic mass is 16.5. The summed E-state index contributed by atoms with van der Waals surface area (Å²) in [6.45, 7) is 13.7. The van der Waals surface area contributed by atoms with Crippen LogP contribution in [0.3, 0.4) is 0 Å². The molecule has 120 valence electrons. The van der Waals surface area contributed by atoms with Gasteiger partial charge in [-0.1, -0.05) is 27.7 Å². The molecule has 0 radical (unpaired) electrons. The molecule has 1 aliphatic rings. The zero-order valence-electron chi connectivity index (χ0n) is 14.5. The number of methoxy groups -OCH3 is 1. The monoisotopic (exact) mass is 284 g/mol. The van der Waals surface area contributed by atoms with Crippen LogP contribution in [0.4, 0.5) is 0 Å². The zero-order valence-corrected chi connectivity index (χ0v) is 14.5. The van der Waals surface area contributed by atoms with Crippen molar-refractivity contribution in [3.05, 3.63) is 0 Å². The lowest BCUT2D eigenvalue weighted by Gasteiger charge is -2.43. The van der Waals surface area contributed by atoms with Crippen LogP contribution in [0, 0.1) is 17.3 Å². The second kappa shape index (κ2) is 8.35. The Bertz CT molecular complexity index is 266. The maximum absolute atomic E-state index is 5.28. The second-order valence-corrected chi connectivity index (χ2v) is 7.71. The predicted molar refractivity (Wildman–Crippen MR) is 87.1 cm³/mol. The van der Waals surface area contributed by atoms with Crippen LogP contribution in [0.15, 0.2) is 0 Å². The van der Waals surface area contributed by atoms with Crippen molar-refractivity contribution >= 4 is 0 Å². The van der Waals surface area contributed by atoms with Gasteiger partial charge in [0.1, 0.15) is 0 Å². The molecule has 0 spiro atoms. The zero-order chi connectivity index (χ0) is 15.2. The fraction of sp³-hybridized carbons (Fsp3) is 1.00. The Hall–Kier alpha value is -0.120. The summed E-state index contributed by atoms with van der Waals surface area (Å²) in [5.41, 5.74) is 0.503. The van der Waals surface area contributed by atoms with E-state index in [4.69, 9.17) is 4.74 Å². The second-order valence-electron chi connectivity index (χ2n) is 7.71. The topological polar surface area (TPSA) is 24.5 Å². The maximum atomic E-state index is 5.28. The Morgan fingerprint density at radius 3 is 2.60 bits per heavy atom. The molecule has 2 unspecified atom stereocenters. The normalized spacial score (nSPS) is 26.4. The molecule has 0 bridgehead atoms. The van der Waals surface area contributed by atoms with Crippen molar-refractivity contribution in [1.82, 2.24) is 10.2 Å². The first kappa shape index (κ1) is 17.9. The van der Waals surface area contributed by atoms with E-state index in [1.165, 1.54) is 32.4 Å². The number of nitrogens with one attached hydrogen (secondary N) is 1. The van der Waals surface area contributed by atoms with Crippen molar-refractivity contribution in [3.8, 4) is 0 Å². The number of hydrogen-bond acceptors (Lipinski definition) is 3. The van der Waals surface area contributed by atoms with Crippen molar-refractivity contribution < 1.29 is 4.74 Å². The summed E-state index contributed by atoms with van der Waals surface area (Å²) < 4.78 is 5.28. The van der Waals surface area contributed by atoms with E-state index in [0.717, 1.165) is 25.0 Å². The molecule has 0 amide bonds. The SMILES string of the molecule is CNC1CCC(C)(C)CC1CN(CCOC)CC(C)C. The molecule has 3 nitrogen and oxygen atoms in total. The van der Waals surface area contributed by atoms with Crippen molar-refractivity contribution in [2.75, 3.05) is 40.4 Å². The highest BCUT2D eigenvalue weighted by Crippen LogP contribution is 2.39. The van der Waals surface area contributed by atoms with E-state index in [1.54, 1.807) is 7.11 Å². The molecular formula is C17H36N2O. The summed E-state index contributed by atoms with van der Waals surface area (Å²) in [7, 11) is 3.92. The first-order valence-corrected chi connectivity index (χ1v) is 8.26. The van der Waals surface area contributed by atoms with Crippen LogP contribution in [0.5, 0.6) is 0 Å². The molecule has 0 heterocycles. The van der Waals surface area contributed by atoms with Gasteiger partial charge in [-0.25, -0.2) is 0 Å². The third-order valence-corrected chi connectivity index (χ3v) is 4.61. The van der Waals surface area contributed by atoms with Gasteiger partial charge < -0.3 is 15.0 Å². The van der Waals surface area contributed by atoms with Crippen LogP contribution in [0.1, 0.15) is 47.0 Å². The fourth-order valence-electron chi connectivity index (χ4n) is 3.63. The molecule has 0 aromatic rings. The molecule has 1 aliphatic carbocycles. The van der Waals surface area contributed by atoms with Gasteiger partial charge in [0.15, 0.2) is 0 Å². The van der Waals surface area contributed by atoms with E-state index in [0.29, 0.717) is 11.5 Å². The van der Waals surface area contributed by atoms with Gasteiger partial charge >= 0.3 is 0 Å². The van der Waals surface area contributed by atoms with Gasteiger partial charge in [-0.05, 0) is 43.6 Å². The number of hydrogen-bond donors (Lipinski definition) is 1. The summed E-state index contributed by atoms with van der Waals surface area (Å²) in [6.07, 6.45) is 3.99. The molecule has 1 rings (SSSR count). The number of ether oxygens (including phenoxy) is 1. The molecule has 1 N–H and O–H groups in total. The quantitative estimate of drug-likeness (QED) is 0.741. The summed E-state index contributed by atoms with van der Waals surface area (Å²) in [4.78, 5) is 2.60. The minimum Gasteiger partial charge on any atom is -0.383 e. The van der Waals surface area contributed by atoms with Gasteiger partial charge in [0.2, 0.25) is 0 Å². The van der Waals surface area contributed by atoms with E-state index in [9.17, 15) is 0 Å². The van der Waals surface area contributed by atoms with E-state index >= 15 is 0 Å². The Morgan fingerprint density at radius 1 is 1.35 bits per heavy atom. The van der Waals surface area contributed by atoms with Gasteiger partial charge in [-0.2, -0.15) is 0 Å². The van der Waals surface area contributed by atoms with Crippen molar-refractivity contribution in [1.29, 1.82) is 0 Å². The minimum absolute atomic E-state index is 0.503. The summed E-state index contributed by atoms with van der Waals surface area (Å²) in [6, 6.07) is 0.681. The minimum atomic E-state index is 0.503. The maximum Gasteiger partial charge on any atom is 0.0589 e. The summed E-state index contributed by atoms with van der Waals surface area (Å²) in [5.74, 6) is 1.48. The van der Waals surface area contributed by atoms with Crippen molar-refractivity contribution in [2.24, 2.45) is 17.3 Å². The average Bonchev–Trinajstić information content (AvgIpc) is 2.34. The smallest absolute Gasteiger partial charge is 0.0589 e. The fourth-order valence-corrected chi connectivity index (χ4v) is 3.63. The first-order valence-electron chi connectivity index (χ1n) is 8.26. The van der Waals surface area contributed by atoms with Crippen LogP contribution in [-0.4, -0.2) is 51.3 Å².